The zero-order valence-corrected chi connectivity index (χ0v) is 12.8. The molecule has 0 saturated heterocycles. The summed E-state index contributed by atoms with van der Waals surface area (Å²) >= 11 is 3.42. The average Bonchev–Trinajstić information content (AvgIpc) is 2.40. The Hall–Kier alpha value is -1.27. The summed E-state index contributed by atoms with van der Waals surface area (Å²) in [6, 6.07) is 2.88. The molecule has 1 unspecified atom stereocenters. The van der Waals surface area contributed by atoms with Crippen molar-refractivity contribution >= 4 is 21.9 Å². The standard InChI is InChI=1S/C13H18BrNO4/c1-4-19-13(16)10(15)5-8-6-11(17-2)12(18-3)7-9(8)14/h6-7,10H,4-5,15H2,1-3H3. The number of methoxy groups -OCH3 is 2. The second-order valence-electron chi connectivity index (χ2n) is 3.86. The van der Waals surface area contributed by atoms with Crippen LogP contribution < -0.4 is 15.2 Å². The average molecular weight is 332 g/mol. The summed E-state index contributed by atoms with van der Waals surface area (Å²) in [7, 11) is 3.12. The minimum atomic E-state index is -0.700. The van der Waals surface area contributed by atoms with Gasteiger partial charge in [0, 0.05) is 4.47 Å². The van der Waals surface area contributed by atoms with E-state index in [1.54, 1.807) is 33.3 Å². The number of carbonyl (C=O) groups excluding carboxylic acids is 1. The topological polar surface area (TPSA) is 70.8 Å². The number of benzene rings is 1. The van der Waals surface area contributed by atoms with Crippen LogP contribution >= 0.6 is 15.9 Å². The molecule has 2 N–H and O–H groups in total. The first kappa shape index (κ1) is 15.8. The second-order valence-corrected chi connectivity index (χ2v) is 4.72. The SMILES string of the molecule is CCOC(=O)C(N)Cc1cc(OC)c(OC)cc1Br. The molecule has 6 heteroatoms. The molecule has 0 aromatic heterocycles. The third-order valence-electron chi connectivity index (χ3n) is 2.58. The molecule has 0 aliphatic carbocycles. The third-order valence-corrected chi connectivity index (χ3v) is 3.32. The van der Waals surface area contributed by atoms with Crippen molar-refractivity contribution in [1.82, 2.24) is 0 Å². The van der Waals surface area contributed by atoms with Crippen LogP contribution in [0.3, 0.4) is 0 Å². The lowest BCUT2D eigenvalue weighted by Gasteiger charge is -2.14. The summed E-state index contributed by atoms with van der Waals surface area (Å²) in [5.74, 6) is 0.795. The Morgan fingerprint density at radius 3 is 2.42 bits per heavy atom. The molecule has 106 valence electrons. The van der Waals surface area contributed by atoms with E-state index in [0.29, 0.717) is 24.5 Å². The van der Waals surface area contributed by atoms with E-state index in [4.69, 9.17) is 19.9 Å². The van der Waals surface area contributed by atoms with Crippen LogP contribution in [0.15, 0.2) is 16.6 Å². The first-order chi connectivity index (χ1) is 9.03. The fourth-order valence-electron chi connectivity index (χ4n) is 1.62. The van der Waals surface area contributed by atoms with Gasteiger partial charge < -0.3 is 19.9 Å². The number of halogens is 1. The van der Waals surface area contributed by atoms with Crippen LogP contribution in [0.1, 0.15) is 12.5 Å². The van der Waals surface area contributed by atoms with E-state index in [1.165, 1.54) is 0 Å². The van der Waals surface area contributed by atoms with Gasteiger partial charge in [-0.2, -0.15) is 0 Å². The lowest BCUT2D eigenvalue weighted by molar-refractivity contribution is -0.144. The minimum absolute atomic E-state index is 0.319. The Bertz CT molecular complexity index is 451. The molecule has 0 aliphatic heterocycles. The Morgan fingerprint density at radius 1 is 1.32 bits per heavy atom. The van der Waals surface area contributed by atoms with Crippen molar-refractivity contribution in [1.29, 1.82) is 0 Å². The molecule has 1 aromatic rings. The maximum absolute atomic E-state index is 11.5. The fourth-order valence-corrected chi connectivity index (χ4v) is 2.11. The highest BCUT2D eigenvalue weighted by Gasteiger charge is 2.18. The highest BCUT2D eigenvalue weighted by Crippen LogP contribution is 2.33. The smallest absolute Gasteiger partial charge is 0.323 e. The molecule has 1 aromatic carbocycles. The van der Waals surface area contributed by atoms with E-state index in [2.05, 4.69) is 15.9 Å². The summed E-state index contributed by atoms with van der Waals surface area (Å²) < 4.78 is 16.1. The van der Waals surface area contributed by atoms with E-state index in [0.717, 1.165) is 10.0 Å². The summed E-state index contributed by atoms with van der Waals surface area (Å²) in [5.41, 5.74) is 6.66. The molecular weight excluding hydrogens is 314 g/mol. The van der Waals surface area contributed by atoms with Crippen molar-refractivity contribution in [3.05, 3.63) is 22.2 Å². The van der Waals surface area contributed by atoms with Gasteiger partial charge in [-0.15, -0.1) is 0 Å². The van der Waals surface area contributed by atoms with Crippen molar-refractivity contribution in [3.63, 3.8) is 0 Å². The van der Waals surface area contributed by atoms with Crippen molar-refractivity contribution in [3.8, 4) is 11.5 Å². The molecule has 0 saturated carbocycles. The summed E-state index contributed by atoms with van der Waals surface area (Å²) in [5, 5.41) is 0. The monoisotopic (exact) mass is 331 g/mol. The number of hydrogen-bond donors (Lipinski definition) is 1. The van der Waals surface area contributed by atoms with Crippen molar-refractivity contribution in [2.45, 2.75) is 19.4 Å². The first-order valence-corrected chi connectivity index (χ1v) is 6.65. The zero-order chi connectivity index (χ0) is 14.4. The van der Waals surface area contributed by atoms with Gasteiger partial charge in [-0.25, -0.2) is 0 Å². The van der Waals surface area contributed by atoms with E-state index in [9.17, 15) is 4.79 Å². The van der Waals surface area contributed by atoms with Gasteiger partial charge in [0.05, 0.1) is 20.8 Å². The van der Waals surface area contributed by atoms with Gasteiger partial charge >= 0.3 is 5.97 Å². The predicted molar refractivity (Wildman–Crippen MR) is 75.6 cm³/mol. The van der Waals surface area contributed by atoms with Gasteiger partial charge in [0.1, 0.15) is 6.04 Å². The quantitative estimate of drug-likeness (QED) is 0.806. The summed E-state index contributed by atoms with van der Waals surface area (Å²) in [6.07, 6.45) is 0.361. The van der Waals surface area contributed by atoms with Crippen LogP contribution in [0.4, 0.5) is 0 Å². The minimum Gasteiger partial charge on any atom is -0.493 e. The van der Waals surface area contributed by atoms with Crippen LogP contribution in [0.5, 0.6) is 11.5 Å². The fraction of sp³-hybridized carbons (Fsp3) is 0.462. The highest BCUT2D eigenvalue weighted by molar-refractivity contribution is 9.10. The second kappa shape index (κ2) is 7.35. The van der Waals surface area contributed by atoms with E-state index < -0.39 is 12.0 Å². The Kier molecular flexibility index (Phi) is 6.11. The molecule has 0 radical (unpaired) electrons. The van der Waals surface area contributed by atoms with E-state index in [1.807, 2.05) is 0 Å². The number of rotatable bonds is 6. The molecular formula is C13H18BrNO4. The van der Waals surface area contributed by atoms with E-state index >= 15 is 0 Å². The van der Waals surface area contributed by atoms with Crippen molar-refractivity contribution in [2.75, 3.05) is 20.8 Å². The van der Waals surface area contributed by atoms with E-state index in [-0.39, 0.29) is 0 Å². The van der Waals surface area contributed by atoms with Gasteiger partial charge in [0.15, 0.2) is 11.5 Å². The number of hydrogen-bond acceptors (Lipinski definition) is 5. The van der Waals surface area contributed by atoms with Crippen LogP contribution in [-0.4, -0.2) is 32.8 Å². The molecule has 1 atom stereocenters. The van der Waals surface area contributed by atoms with Gasteiger partial charge in [-0.1, -0.05) is 15.9 Å². The van der Waals surface area contributed by atoms with Crippen LogP contribution in [-0.2, 0) is 16.0 Å². The van der Waals surface area contributed by atoms with Crippen molar-refractivity contribution in [2.24, 2.45) is 5.73 Å². The number of carbonyl (C=O) groups is 1. The normalized spacial score (nSPS) is 11.8. The molecule has 1 rings (SSSR count). The molecule has 0 spiro atoms. The van der Waals surface area contributed by atoms with Gasteiger partial charge in [-0.3, -0.25) is 4.79 Å². The van der Waals surface area contributed by atoms with Gasteiger partial charge in [0.2, 0.25) is 0 Å². The van der Waals surface area contributed by atoms with Gasteiger partial charge in [-0.05, 0) is 31.0 Å². The Morgan fingerprint density at radius 2 is 1.89 bits per heavy atom. The number of nitrogens with two attached hydrogens (primary N) is 1. The van der Waals surface area contributed by atoms with Crippen molar-refractivity contribution < 1.29 is 19.0 Å². The van der Waals surface area contributed by atoms with Gasteiger partial charge in [0.25, 0.3) is 0 Å². The largest absolute Gasteiger partial charge is 0.493 e. The van der Waals surface area contributed by atoms with Crippen LogP contribution in [0, 0.1) is 0 Å². The molecule has 0 heterocycles. The molecule has 5 nitrogen and oxygen atoms in total. The lowest BCUT2D eigenvalue weighted by atomic mass is 10.1. The Labute approximate surface area is 121 Å². The third kappa shape index (κ3) is 4.11. The molecule has 0 bridgehead atoms. The summed E-state index contributed by atoms with van der Waals surface area (Å²) in [4.78, 5) is 11.5. The first-order valence-electron chi connectivity index (χ1n) is 5.86. The summed E-state index contributed by atoms with van der Waals surface area (Å²) in [6.45, 7) is 2.07. The molecule has 19 heavy (non-hydrogen) atoms. The highest BCUT2D eigenvalue weighted by atomic mass is 79.9. The predicted octanol–water partition coefficient (Wildman–Crippen LogP) is 1.90. The lowest BCUT2D eigenvalue weighted by Crippen LogP contribution is -2.34. The Balaban J connectivity index is 2.92. The molecule has 0 aliphatic rings. The zero-order valence-electron chi connectivity index (χ0n) is 11.2. The molecule has 0 fully saturated rings. The molecule has 0 amide bonds. The van der Waals surface area contributed by atoms with Crippen LogP contribution in [0.25, 0.3) is 0 Å². The maximum Gasteiger partial charge on any atom is 0.323 e. The van der Waals surface area contributed by atoms with Crippen LogP contribution in [0.2, 0.25) is 0 Å². The number of ether oxygens (including phenoxy) is 3. The number of esters is 1. The maximum atomic E-state index is 11.5.